The number of aryl methyl sites for hydroxylation is 1. The number of esters is 1. The first kappa shape index (κ1) is 35.5. The third-order valence-corrected chi connectivity index (χ3v) is 8.78. The smallest absolute Gasteiger partial charge is 0.328 e. The molecule has 1 aliphatic rings. The Hall–Kier alpha value is -3.93. The van der Waals surface area contributed by atoms with Crippen molar-refractivity contribution >= 4 is 35.2 Å². The second-order valence-electron chi connectivity index (χ2n) is 11.0. The third-order valence-electron chi connectivity index (χ3n) is 8.14. The van der Waals surface area contributed by atoms with Crippen molar-refractivity contribution in [2.75, 3.05) is 45.8 Å². The molecule has 0 spiro atoms. The van der Waals surface area contributed by atoms with Crippen LogP contribution in [-0.4, -0.2) is 70.3 Å². The van der Waals surface area contributed by atoms with E-state index in [0.717, 1.165) is 11.1 Å². The highest BCUT2D eigenvalue weighted by molar-refractivity contribution is 7.98. The lowest BCUT2D eigenvalue weighted by molar-refractivity contribution is -0.145. The van der Waals surface area contributed by atoms with E-state index in [0.29, 0.717) is 59.8 Å². The van der Waals surface area contributed by atoms with Crippen LogP contribution in [0.3, 0.4) is 0 Å². The molecule has 3 N–H and O–H groups in total. The maximum Gasteiger partial charge on any atom is 0.328 e. The Kier molecular flexibility index (Phi) is 13.0. The molecular weight excluding hydrogens is 598 g/mol. The fraction of sp³-hybridized carbons (Fsp3) is 0.515. The zero-order valence-corrected chi connectivity index (χ0v) is 28.1. The summed E-state index contributed by atoms with van der Waals surface area (Å²) in [4.78, 5) is 52.1. The monoisotopic (exact) mass is 643 g/mol. The van der Waals surface area contributed by atoms with Gasteiger partial charge in [0, 0.05) is 12.5 Å². The Labute approximate surface area is 269 Å². The maximum atomic E-state index is 13.9. The molecule has 12 heteroatoms. The van der Waals surface area contributed by atoms with Gasteiger partial charge in [-0.3, -0.25) is 14.4 Å². The topological polar surface area (TPSA) is 141 Å². The molecule has 3 rings (SSSR count). The van der Waals surface area contributed by atoms with E-state index in [1.807, 2.05) is 26.2 Å². The summed E-state index contributed by atoms with van der Waals surface area (Å²) in [7, 11) is 5.91. The van der Waals surface area contributed by atoms with Gasteiger partial charge >= 0.3 is 5.97 Å². The highest BCUT2D eigenvalue weighted by Gasteiger charge is 2.32. The van der Waals surface area contributed by atoms with Gasteiger partial charge in [0.1, 0.15) is 12.1 Å². The van der Waals surface area contributed by atoms with E-state index >= 15 is 0 Å². The largest absolute Gasteiger partial charge is 0.493 e. The molecule has 11 nitrogen and oxygen atoms in total. The van der Waals surface area contributed by atoms with Crippen LogP contribution >= 0.6 is 11.8 Å². The van der Waals surface area contributed by atoms with Crippen molar-refractivity contribution in [2.24, 2.45) is 5.92 Å². The molecule has 0 saturated heterocycles. The average molecular weight is 644 g/mol. The molecule has 0 radical (unpaired) electrons. The van der Waals surface area contributed by atoms with Crippen molar-refractivity contribution in [3.8, 4) is 28.4 Å². The van der Waals surface area contributed by atoms with Crippen molar-refractivity contribution in [3.63, 3.8) is 0 Å². The van der Waals surface area contributed by atoms with Gasteiger partial charge in [-0.05, 0) is 72.1 Å². The summed E-state index contributed by atoms with van der Waals surface area (Å²) >= 11 is 1.56. The summed E-state index contributed by atoms with van der Waals surface area (Å²) in [6.45, 7) is 5.29. The first-order chi connectivity index (χ1) is 21.5. The van der Waals surface area contributed by atoms with Gasteiger partial charge in [0.25, 0.3) is 0 Å². The minimum atomic E-state index is -0.816. The van der Waals surface area contributed by atoms with Crippen molar-refractivity contribution in [3.05, 3.63) is 45.6 Å². The number of carbonyl (C=O) groups excluding carboxylic acids is 3. The van der Waals surface area contributed by atoms with Gasteiger partial charge < -0.3 is 34.9 Å². The number of rotatable bonds is 14. The Morgan fingerprint density at radius 2 is 1.76 bits per heavy atom. The van der Waals surface area contributed by atoms with Crippen LogP contribution in [0.1, 0.15) is 57.2 Å². The fourth-order valence-electron chi connectivity index (χ4n) is 5.58. The van der Waals surface area contributed by atoms with Gasteiger partial charge in [-0.1, -0.05) is 26.3 Å². The first-order valence-corrected chi connectivity index (χ1v) is 16.4. The number of amides is 2. The summed E-state index contributed by atoms with van der Waals surface area (Å²) in [5.41, 5.74) is 2.76. The van der Waals surface area contributed by atoms with Crippen LogP contribution in [0.4, 0.5) is 5.69 Å². The van der Waals surface area contributed by atoms with Crippen LogP contribution in [0.15, 0.2) is 29.1 Å². The molecule has 2 aromatic carbocycles. The number of anilines is 1. The lowest BCUT2D eigenvalue weighted by Crippen LogP contribution is -2.50. The zero-order chi connectivity index (χ0) is 33.3. The van der Waals surface area contributed by atoms with Crippen LogP contribution in [0, 0.1) is 5.92 Å². The maximum absolute atomic E-state index is 13.9. The van der Waals surface area contributed by atoms with Gasteiger partial charge in [0.05, 0.1) is 40.2 Å². The molecule has 1 aliphatic carbocycles. The van der Waals surface area contributed by atoms with E-state index in [1.165, 1.54) is 27.2 Å². The Bertz CT molecular complexity index is 1450. The van der Waals surface area contributed by atoms with E-state index in [9.17, 15) is 19.2 Å². The Morgan fingerprint density at radius 1 is 1.04 bits per heavy atom. The van der Waals surface area contributed by atoms with E-state index in [1.54, 1.807) is 38.1 Å². The summed E-state index contributed by atoms with van der Waals surface area (Å²) in [5, 5.41) is 9.00. The predicted octanol–water partition coefficient (Wildman–Crippen LogP) is 4.10. The van der Waals surface area contributed by atoms with Crippen LogP contribution in [-0.2, 0) is 25.5 Å². The molecule has 0 fully saturated rings. The molecule has 4 atom stereocenters. The minimum absolute atomic E-state index is 0.184. The van der Waals surface area contributed by atoms with Gasteiger partial charge in [-0.2, -0.15) is 11.8 Å². The van der Waals surface area contributed by atoms with Crippen LogP contribution in [0.2, 0.25) is 0 Å². The third kappa shape index (κ3) is 8.22. The number of carbonyl (C=O) groups is 3. The summed E-state index contributed by atoms with van der Waals surface area (Å²) in [6.07, 6.45) is 4.06. The number of fused-ring (bicyclic) bond motifs is 3. The van der Waals surface area contributed by atoms with Gasteiger partial charge in [-0.25, -0.2) is 4.79 Å². The molecule has 0 saturated carbocycles. The van der Waals surface area contributed by atoms with E-state index in [-0.39, 0.29) is 22.9 Å². The molecule has 2 aromatic rings. The molecule has 0 aliphatic heterocycles. The summed E-state index contributed by atoms with van der Waals surface area (Å²) in [6, 6.07) is 4.74. The minimum Gasteiger partial charge on any atom is -0.493 e. The summed E-state index contributed by atoms with van der Waals surface area (Å²) in [5.74, 6) is 0.665. The normalized spacial score (nSPS) is 15.6. The highest BCUT2D eigenvalue weighted by Crippen LogP contribution is 2.50. The number of hydrogen-bond donors (Lipinski definition) is 3. The summed E-state index contributed by atoms with van der Waals surface area (Å²) < 4.78 is 22.0. The number of benzene rings is 1. The molecule has 2 amide bonds. The molecular formula is C33H45N3O8S. The van der Waals surface area contributed by atoms with E-state index in [2.05, 4.69) is 16.0 Å². The van der Waals surface area contributed by atoms with Gasteiger partial charge in [-0.15, -0.1) is 0 Å². The molecule has 0 aromatic heterocycles. The first-order valence-electron chi connectivity index (χ1n) is 15.0. The number of nitrogens with one attached hydrogen (secondary N) is 3. The number of thioether (sulfide) groups is 1. The Balaban J connectivity index is 2.18. The molecule has 246 valence electrons. The second kappa shape index (κ2) is 16.4. The number of ether oxygens (including phenoxy) is 4. The zero-order valence-electron chi connectivity index (χ0n) is 27.3. The van der Waals surface area contributed by atoms with Crippen molar-refractivity contribution in [1.82, 2.24) is 10.6 Å². The standard InChI is InChI=1S/C33H45N3O8S/c1-9-18(2)29(32(39)36-25(14-15-45-8)33(40)44-7)35-24-13-11-21-22(17-26(24)38)23(34-19(3)37)12-10-20-16-27(41-4)30(42-5)31(43-6)28(20)21/h11,13,16-18,23,25,29H,9-10,12,14-15H2,1-8H3,(H,34,37)(H,35,38)(H,36,39)/t18-,23-,25-,29-/m1/s1. The highest BCUT2D eigenvalue weighted by atomic mass is 32.2. The SMILES string of the molecule is CC[C@@H](C)[C@@H](Nc1ccc2c(cc1=O)[C@H](NC(C)=O)CCc1cc(OC)c(OC)c(OC)c1-2)C(=O)N[C@H](CCSC)C(=O)OC. The van der Waals surface area contributed by atoms with Crippen LogP contribution < -0.4 is 35.6 Å². The molecule has 0 unspecified atom stereocenters. The van der Waals surface area contributed by atoms with Crippen molar-refractivity contribution < 1.29 is 33.3 Å². The number of methoxy groups -OCH3 is 4. The van der Waals surface area contributed by atoms with E-state index < -0.39 is 30.0 Å². The number of hydrogen-bond acceptors (Lipinski definition) is 10. The van der Waals surface area contributed by atoms with Gasteiger partial charge in [0.2, 0.25) is 23.0 Å². The van der Waals surface area contributed by atoms with E-state index in [4.69, 9.17) is 18.9 Å². The molecule has 45 heavy (non-hydrogen) atoms. The fourth-order valence-corrected chi connectivity index (χ4v) is 6.06. The quantitative estimate of drug-likeness (QED) is 0.258. The molecule has 0 bridgehead atoms. The predicted molar refractivity (Wildman–Crippen MR) is 176 cm³/mol. The van der Waals surface area contributed by atoms with Crippen LogP contribution in [0.5, 0.6) is 17.2 Å². The molecule has 0 heterocycles. The van der Waals surface area contributed by atoms with Crippen molar-refractivity contribution in [2.45, 2.75) is 64.6 Å². The average Bonchev–Trinajstić information content (AvgIpc) is 3.27. The second-order valence-corrected chi connectivity index (χ2v) is 12.0. The lowest BCUT2D eigenvalue weighted by Gasteiger charge is -2.26. The van der Waals surface area contributed by atoms with Crippen molar-refractivity contribution in [1.29, 1.82) is 0 Å². The van der Waals surface area contributed by atoms with Gasteiger partial charge in [0.15, 0.2) is 11.5 Å². The van der Waals surface area contributed by atoms with Crippen LogP contribution in [0.25, 0.3) is 11.1 Å². The lowest BCUT2D eigenvalue weighted by atomic mass is 9.95. The Morgan fingerprint density at radius 3 is 2.33 bits per heavy atom.